The highest BCUT2D eigenvalue weighted by molar-refractivity contribution is 7.16. The van der Waals surface area contributed by atoms with Crippen molar-refractivity contribution in [3.63, 3.8) is 0 Å². The summed E-state index contributed by atoms with van der Waals surface area (Å²) in [5, 5.41) is 0. The maximum Gasteiger partial charge on any atom is 0.184 e. The van der Waals surface area contributed by atoms with Gasteiger partial charge in [0.25, 0.3) is 0 Å². The molecule has 1 nitrogen and oxygen atoms in total. The van der Waals surface area contributed by atoms with Gasteiger partial charge in [0, 0.05) is 0 Å². The quantitative estimate of drug-likeness (QED) is 0.702. The Balaban J connectivity index is 0.000000561. The van der Waals surface area contributed by atoms with Crippen LogP contribution in [0.1, 0.15) is 24.4 Å². The first-order valence-electron chi connectivity index (χ1n) is 3.69. The molecule has 0 aliphatic rings. The fourth-order valence-corrected chi connectivity index (χ4v) is 1.59. The third kappa shape index (κ3) is 2.80. The van der Waals surface area contributed by atoms with Crippen molar-refractivity contribution >= 4 is 35.1 Å². The van der Waals surface area contributed by atoms with Crippen molar-refractivity contribution in [2.75, 3.05) is 0 Å². The second-order valence-electron chi connectivity index (χ2n) is 1.62. The van der Waals surface area contributed by atoms with Crippen LogP contribution in [0.5, 0.6) is 0 Å². The molecule has 0 aromatic carbocycles. The molecule has 1 aromatic rings. The van der Waals surface area contributed by atoms with E-state index in [0.29, 0.717) is 4.47 Å². The largest absolute Gasteiger partial charge is 0.225 e. The van der Waals surface area contributed by atoms with Crippen LogP contribution < -0.4 is 0 Å². The summed E-state index contributed by atoms with van der Waals surface area (Å²) in [7, 11) is 0. The fourth-order valence-electron chi connectivity index (χ4n) is 0.608. The Hall–Kier alpha value is -0.600. The minimum atomic E-state index is 0.532. The van der Waals surface area contributed by atoms with E-state index in [2.05, 4.69) is 18.1 Å². The zero-order valence-electron chi connectivity index (χ0n) is 7.30. The Bertz CT molecular complexity index is 240. The number of rotatable bonds is 2. The van der Waals surface area contributed by atoms with Gasteiger partial charge in [0.1, 0.15) is 0 Å². The predicted molar refractivity (Wildman–Crippen MR) is 58.7 cm³/mol. The maximum atomic E-state index is 5.63. The molecule has 0 N–H and O–H groups in total. The van der Waals surface area contributed by atoms with Crippen molar-refractivity contribution < 1.29 is 0 Å². The summed E-state index contributed by atoms with van der Waals surface area (Å²) in [5.41, 5.74) is 0.810. The Kier molecular flexibility index (Phi) is 5.68. The van der Waals surface area contributed by atoms with Gasteiger partial charge in [-0.1, -0.05) is 38.6 Å². The van der Waals surface area contributed by atoms with Crippen molar-refractivity contribution in [2.24, 2.45) is 0 Å². The van der Waals surface area contributed by atoms with Gasteiger partial charge in [-0.05, 0) is 12.2 Å². The Morgan fingerprint density at radius 1 is 1.33 bits per heavy atom. The second kappa shape index (κ2) is 5.98. The highest BCUT2D eigenvalue weighted by Gasteiger charge is 2.01. The van der Waals surface area contributed by atoms with Crippen molar-refractivity contribution in [3.05, 3.63) is 28.2 Å². The highest BCUT2D eigenvalue weighted by atomic mass is 35.5. The van der Waals surface area contributed by atoms with Crippen LogP contribution in [0.3, 0.4) is 0 Å². The molecule has 0 aliphatic heterocycles. The molecule has 0 spiro atoms. The zero-order valence-corrected chi connectivity index (χ0v) is 8.87. The molecule has 0 amide bonds. The number of aromatic nitrogens is 1. The second-order valence-corrected chi connectivity index (χ2v) is 3.24. The molecule has 0 fully saturated rings. The summed E-state index contributed by atoms with van der Waals surface area (Å²) >= 11 is 7.04. The van der Waals surface area contributed by atoms with E-state index < -0.39 is 0 Å². The molecule has 3 heteroatoms. The van der Waals surface area contributed by atoms with E-state index in [4.69, 9.17) is 11.6 Å². The third-order valence-corrected chi connectivity index (χ3v) is 2.21. The molecule has 1 heterocycles. The van der Waals surface area contributed by atoms with Crippen LogP contribution in [0, 0.1) is 0 Å². The number of nitrogens with zero attached hydrogens (tertiary/aromatic N) is 1. The van der Waals surface area contributed by atoms with Crippen molar-refractivity contribution in [1.29, 1.82) is 0 Å². The van der Waals surface area contributed by atoms with Crippen LogP contribution in [-0.2, 0) is 0 Å². The summed E-state index contributed by atoms with van der Waals surface area (Å²) in [5.74, 6) is 0. The summed E-state index contributed by atoms with van der Waals surface area (Å²) < 4.78 is 0.532. The molecule has 0 aliphatic carbocycles. The normalized spacial score (nSPS) is 8.25. The van der Waals surface area contributed by atoms with Crippen molar-refractivity contribution in [1.82, 2.24) is 4.98 Å². The smallest absolute Gasteiger partial charge is 0.184 e. The standard InChI is InChI=1S/C7H6ClNS.C2H6/c1-3-5-6(4-2)10-7(8)9-5;1-2/h3-4H,1-2H2;1-2H3. The van der Waals surface area contributed by atoms with Gasteiger partial charge in [-0.3, -0.25) is 0 Å². The zero-order chi connectivity index (χ0) is 9.56. The molecular weight excluding hydrogens is 190 g/mol. The lowest BCUT2D eigenvalue weighted by molar-refractivity contribution is 1.38. The Labute approximate surface area is 82.4 Å². The first kappa shape index (κ1) is 11.4. The summed E-state index contributed by atoms with van der Waals surface area (Å²) in [6, 6.07) is 0. The van der Waals surface area contributed by atoms with E-state index in [-0.39, 0.29) is 0 Å². The van der Waals surface area contributed by atoms with Crippen LogP contribution in [0.25, 0.3) is 12.2 Å². The van der Waals surface area contributed by atoms with Gasteiger partial charge in [0.2, 0.25) is 0 Å². The monoisotopic (exact) mass is 201 g/mol. The molecule has 0 bridgehead atoms. The number of hydrogen-bond acceptors (Lipinski definition) is 2. The molecule has 1 rings (SSSR count). The lowest BCUT2D eigenvalue weighted by Gasteiger charge is -1.82. The molecule has 0 saturated carbocycles. The first-order valence-corrected chi connectivity index (χ1v) is 4.88. The molecule has 66 valence electrons. The van der Waals surface area contributed by atoms with Crippen LogP contribution in [0.2, 0.25) is 4.47 Å². The molecule has 0 atom stereocenters. The lowest BCUT2D eigenvalue weighted by atomic mass is 10.3. The van der Waals surface area contributed by atoms with E-state index in [9.17, 15) is 0 Å². The average molecular weight is 202 g/mol. The maximum absolute atomic E-state index is 5.63. The minimum absolute atomic E-state index is 0.532. The van der Waals surface area contributed by atoms with Crippen LogP contribution in [-0.4, -0.2) is 4.98 Å². The highest BCUT2D eigenvalue weighted by Crippen LogP contribution is 2.23. The third-order valence-electron chi connectivity index (χ3n) is 1.03. The average Bonchev–Trinajstić information content (AvgIpc) is 2.49. The summed E-state index contributed by atoms with van der Waals surface area (Å²) in [6.07, 6.45) is 3.39. The molecule has 0 radical (unpaired) electrons. The number of halogens is 1. The van der Waals surface area contributed by atoms with Gasteiger partial charge in [0.15, 0.2) is 4.47 Å². The molecular formula is C9H12ClNS. The SMILES string of the molecule is C=Cc1nc(Cl)sc1C=C.CC. The number of thiazole rings is 1. The first-order chi connectivity index (χ1) is 5.77. The van der Waals surface area contributed by atoms with Gasteiger partial charge < -0.3 is 0 Å². The Morgan fingerprint density at radius 3 is 2.25 bits per heavy atom. The summed E-state index contributed by atoms with van der Waals surface area (Å²) in [6.45, 7) is 11.2. The van der Waals surface area contributed by atoms with E-state index in [1.54, 1.807) is 12.2 Å². The van der Waals surface area contributed by atoms with E-state index >= 15 is 0 Å². The Morgan fingerprint density at radius 2 is 1.92 bits per heavy atom. The van der Waals surface area contributed by atoms with Crippen LogP contribution >= 0.6 is 22.9 Å². The number of hydrogen-bond donors (Lipinski definition) is 0. The molecule has 12 heavy (non-hydrogen) atoms. The summed E-state index contributed by atoms with van der Waals surface area (Å²) in [4.78, 5) is 4.97. The van der Waals surface area contributed by atoms with Gasteiger partial charge in [-0.15, -0.1) is 11.3 Å². The van der Waals surface area contributed by atoms with Gasteiger partial charge in [-0.25, -0.2) is 4.98 Å². The fraction of sp³-hybridized carbons (Fsp3) is 0.222. The van der Waals surface area contributed by atoms with Gasteiger partial charge in [0.05, 0.1) is 10.6 Å². The van der Waals surface area contributed by atoms with Gasteiger partial charge >= 0.3 is 0 Å². The van der Waals surface area contributed by atoms with Crippen molar-refractivity contribution in [2.45, 2.75) is 13.8 Å². The lowest BCUT2D eigenvalue weighted by Crippen LogP contribution is -1.71. The van der Waals surface area contributed by atoms with Crippen molar-refractivity contribution in [3.8, 4) is 0 Å². The molecule has 1 aromatic heterocycles. The predicted octanol–water partition coefficient (Wildman–Crippen LogP) is 4.11. The minimum Gasteiger partial charge on any atom is -0.225 e. The van der Waals surface area contributed by atoms with Gasteiger partial charge in [-0.2, -0.15) is 0 Å². The van der Waals surface area contributed by atoms with E-state index in [1.807, 2.05) is 13.8 Å². The van der Waals surface area contributed by atoms with Crippen LogP contribution in [0.4, 0.5) is 0 Å². The topological polar surface area (TPSA) is 12.9 Å². The van der Waals surface area contributed by atoms with Crippen LogP contribution in [0.15, 0.2) is 13.2 Å². The molecule has 0 unspecified atom stereocenters. The van der Waals surface area contributed by atoms with E-state index in [0.717, 1.165) is 10.6 Å². The van der Waals surface area contributed by atoms with E-state index in [1.165, 1.54) is 11.3 Å². The molecule has 0 saturated heterocycles.